The van der Waals surface area contributed by atoms with Gasteiger partial charge in [-0.2, -0.15) is 11.8 Å². The number of methoxy groups -OCH3 is 1. The number of hydrogen-bond donors (Lipinski definition) is 3. The van der Waals surface area contributed by atoms with Crippen molar-refractivity contribution in [3.8, 4) is 5.75 Å². The molecule has 112 valence electrons. The van der Waals surface area contributed by atoms with Gasteiger partial charge in [0.2, 0.25) is 0 Å². The van der Waals surface area contributed by atoms with Gasteiger partial charge in [0.15, 0.2) is 0 Å². The summed E-state index contributed by atoms with van der Waals surface area (Å²) < 4.78 is 5.06. The highest BCUT2D eigenvalue weighted by Gasteiger charge is 2.20. The van der Waals surface area contributed by atoms with E-state index < -0.39 is 5.60 Å². The second-order valence-corrected chi connectivity index (χ2v) is 5.68. The Morgan fingerprint density at radius 1 is 1.35 bits per heavy atom. The van der Waals surface area contributed by atoms with E-state index in [-0.39, 0.29) is 12.6 Å². The maximum Gasteiger partial charge on any atom is 0.315 e. The molecule has 0 aromatic heterocycles. The van der Waals surface area contributed by atoms with Crippen molar-refractivity contribution in [3.63, 3.8) is 0 Å². The largest absolute Gasteiger partial charge is 0.497 e. The number of carbonyl (C=O) groups is 1. The average molecular weight is 298 g/mol. The fourth-order valence-electron chi connectivity index (χ4n) is 1.62. The molecule has 2 amide bonds. The van der Waals surface area contributed by atoms with Crippen LogP contribution in [0.25, 0.3) is 0 Å². The molecule has 20 heavy (non-hydrogen) atoms. The molecule has 0 aliphatic heterocycles. The van der Waals surface area contributed by atoms with E-state index in [1.165, 1.54) is 0 Å². The van der Waals surface area contributed by atoms with Gasteiger partial charge in [-0.15, -0.1) is 0 Å². The van der Waals surface area contributed by atoms with Crippen LogP contribution >= 0.6 is 11.8 Å². The minimum Gasteiger partial charge on any atom is -0.497 e. The van der Waals surface area contributed by atoms with Crippen LogP contribution in [0, 0.1) is 0 Å². The third-order valence-electron chi connectivity index (χ3n) is 2.70. The van der Waals surface area contributed by atoms with E-state index in [2.05, 4.69) is 10.6 Å². The highest BCUT2D eigenvalue weighted by molar-refractivity contribution is 7.98. The first-order valence-electron chi connectivity index (χ1n) is 6.33. The molecule has 5 nitrogen and oxygen atoms in total. The Morgan fingerprint density at radius 2 is 2.00 bits per heavy atom. The van der Waals surface area contributed by atoms with Crippen molar-refractivity contribution in [2.45, 2.75) is 19.1 Å². The zero-order valence-electron chi connectivity index (χ0n) is 12.1. The van der Waals surface area contributed by atoms with Crippen LogP contribution in [-0.2, 0) is 6.54 Å². The number of aliphatic hydroxyl groups is 1. The van der Waals surface area contributed by atoms with Crippen LogP contribution < -0.4 is 15.4 Å². The molecule has 0 radical (unpaired) electrons. The lowest BCUT2D eigenvalue weighted by atomic mass is 10.1. The Hall–Kier alpha value is -1.40. The summed E-state index contributed by atoms with van der Waals surface area (Å²) >= 11 is 1.54. The fraction of sp³-hybridized carbons (Fsp3) is 0.500. The molecule has 0 saturated heterocycles. The van der Waals surface area contributed by atoms with Gasteiger partial charge in [-0.3, -0.25) is 0 Å². The smallest absolute Gasteiger partial charge is 0.315 e. The summed E-state index contributed by atoms with van der Waals surface area (Å²) in [5.41, 5.74) is 0.0912. The van der Waals surface area contributed by atoms with Crippen molar-refractivity contribution in [1.82, 2.24) is 10.6 Å². The number of hydrogen-bond acceptors (Lipinski definition) is 4. The number of thioether (sulfide) groups is 1. The molecule has 0 saturated carbocycles. The van der Waals surface area contributed by atoms with Gasteiger partial charge in [0.05, 0.1) is 12.7 Å². The highest BCUT2D eigenvalue weighted by Crippen LogP contribution is 2.11. The Kier molecular flexibility index (Phi) is 6.67. The van der Waals surface area contributed by atoms with Gasteiger partial charge in [0.25, 0.3) is 0 Å². The maximum absolute atomic E-state index is 11.6. The predicted molar refractivity (Wildman–Crippen MR) is 82.2 cm³/mol. The molecular formula is C14H22N2O3S. The second kappa shape index (κ2) is 8.01. The van der Waals surface area contributed by atoms with Crippen LogP contribution in [0.5, 0.6) is 5.75 Å². The molecule has 0 bridgehead atoms. The number of amides is 2. The van der Waals surface area contributed by atoms with Crippen LogP contribution in [0.4, 0.5) is 4.79 Å². The van der Waals surface area contributed by atoms with Crippen molar-refractivity contribution in [2.75, 3.05) is 25.7 Å². The van der Waals surface area contributed by atoms with Gasteiger partial charge in [0.1, 0.15) is 5.75 Å². The summed E-state index contributed by atoms with van der Waals surface area (Å²) in [6, 6.07) is 7.18. The number of nitrogens with one attached hydrogen (secondary N) is 2. The number of urea groups is 1. The van der Waals surface area contributed by atoms with Crippen LogP contribution in [0.15, 0.2) is 24.3 Å². The third-order valence-corrected chi connectivity index (χ3v) is 3.61. The predicted octanol–water partition coefficient (Wildman–Crippen LogP) is 1.61. The minimum absolute atomic E-state index is 0.224. The zero-order chi connectivity index (χ0) is 15.0. The Bertz CT molecular complexity index is 421. The Labute approximate surface area is 124 Å². The standard InChI is InChI=1S/C14H22N2O3S/c1-14(18,10-20-3)9-16-13(17)15-8-11-4-6-12(19-2)7-5-11/h4-7,18H,8-10H2,1-3H3,(H2,15,16,17). The molecule has 1 atom stereocenters. The van der Waals surface area contributed by atoms with Crippen molar-refractivity contribution in [2.24, 2.45) is 0 Å². The molecule has 1 aromatic rings. The SMILES string of the molecule is COc1ccc(CNC(=O)NCC(C)(O)CSC)cc1. The van der Waals surface area contributed by atoms with Gasteiger partial charge >= 0.3 is 6.03 Å². The lowest BCUT2D eigenvalue weighted by Crippen LogP contribution is -2.45. The highest BCUT2D eigenvalue weighted by atomic mass is 32.2. The molecule has 1 rings (SSSR count). The summed E-state index contributed by atoms with van der Waals surface area (Å²) in [7, 11) is 1.61. The van der Waals surface area contributed by atoms with Gasteiger partial charge < -0.3 is 20.5 Å². The number of rotatable bonds is 7. The quantitative estimate of drug-likeness (QED) is 0.715. The maximum atomic E-state index is 11.6. The Morgan fingerprint density at radius 3 is 2.55 bits per heavy atom. The van der Waals surface area contributed by atoms with E-state index >= 15 is 0 Å². The molecule has 3 N–H and O–H groups in total. The van der Waals surface area contributed by atoms with Crippen molar-refractivity contribution < 1.29 is 14.6 Å². The van der Waals surface area contributed by atoms with Gasteiger partial charge in [-0.05, 0) is 30.9 Å². The van der Waals surface area contributed by atoms with Crippen LogP contribution in [0.1, 0.15) is 12.5 Å². The van der Waals surface area contributed by atoms with E-state index in [1.54, 1.807) is 25.8 Å². The van der Waals surface area contributed by atoms with Crippen LogP contribution in [0.3, 0.4) is 0 Å². The summed E-state index contributed by atoms with van der Waals surface area (Å²) in [5.74, 6) is 1.36. The molecule has 0 aliphatic carbocycles. The molecule has 0 aliphatic rings. The van der Waals surface area contributed by atoms with Crippen LogP contribution in [-0.4, -0.2) is 42.4 Å². The number of benzene rings is 1. The van der Waals surface area contributed by atoms with Crippen molar-refractivity contribution >= 4 is 17.8 Å². The monoisotopic (exact) mass is 298 g/mol. The van der Waals surface area contributed by atoms with E-state index in [1.807, 2.05) is 30.5 Å². The fourth-order valence-corrected chi connectivity index (χ4v) is 2.34. The normalized spacial score (nSPS) is 13.4. The summed E-state index contributed by atoms with van der Waals surface area (Å²) in [5, 5.41) is 15.3. The molecule has 6 heteroatoms. The zero-order valence-corrected chi connectivity index (χ0v) is 12.9. The molecular weight excluding hydrogens is 276 g/mol. The number of carbonyl (C=O) groups excluding carboxylic acids is 1. The molecule has 0 heterocycles. The summed E-state index contributed by atoms with van der Waals surface area (Å²) in [6.45, 7) is 2.36. The first-order chi connectivity index (χ1) is 9.46. The van der Waals surface area contributed by atoms with E-state index in [0.717, 1.165) is 11.3 Å². The molecule has 1 aromatic carbocycles. The molecule has 0 fully saturated rings. The van der Waals surface area contributed by atoms with Gasteiger partial charge in [-0.25, -0.2) is 4.79 Å². The van der Waals surface area contributed by atoms with E-state index in [9.17, 15) is 9.90 Å². The summed E-state index contributed by atoms with van der Waals surface area (Å²) in [4.78, 5) is 11.6. The molecule has 1 unspecified atom stereocenters. The molecule has 0 spiro atoms. The third kappa shape index (κ3) is 6.16. The number of ether oxygens (including phenoxy) is 1. The topological polar surface area (TPSA) is 70.6 Å². The van der Waals surface area contributed by atoms with Gasteiger partial charge in [0, 0.05) is 18.8 Å². The van der Waals surface area contributed by atoms with Crippen molar-refractivity contribution in [1.29, 1.82) is 0 Å². The summed E-state index contributed by atoms with van der Waals surface area (Å²) in [6.07, 6.45) is 1.91. The lowest BCUT2D eigenvalue weighted by Gasteiger charge is -2.22. The first-order valence-corrected chi connectivity index (χ1v) is 7.72. The van der Waals surface area contributed by atoms with Crippen LogP contribution in [0.2, 0.25) is 0 Å². The minimum atomic E-state index is -0.892. The van der Waals surface area contributed by atoms with E-state index in [0.29, 0.717) is 12.3 Å². The lowest BCUT2D eigenvalue weighted by molar-refractivity contribution is 0.0869. The average Bonchev–Trinajstić information content (AvgIpc) is 2.43. The first kappa shape index (κ1) is 16.7. The Balaban J connectivity index is 2.32. The van der Waals surface area contributed by atoms with Crippen molar-refractivity contribution in [3.05, 3.63) is 29.8 Å². The van der Waals surface area contributed by atoms with Gasteiger partial charge in [-0.1, -0.05) is 12.1 Å². The van der Waals surface area contributed by atoms with E-state index in [4.69, 9.17) is 4.74 Å². The second-order valence-electron chi connectivity index (χ2n) is 4.81.